The van der Waals surface area contributed by atoms with Crippen LogP contribution in [0.3, 0.4) is 0 Å². The quantitative estimate of drug-likeness (QED) is 0.861. The van der Waals surface area contributed by atoms with Gasteiger partial charge in [-0.15, -0.1) is 12.4 Å². The van der Waals surface area contributed by atoms with Gasteiger partial charge in [0.2, 0.25) is 5.91 Å². The second-order valence-corrected chi connectivity index (χ2v) is 6.44. The molecule has 0 bridgehead atoms. The van der Waals surface area contributed by atoms with Crippen molar-refractivity contribution in [1.29, 1.82) is 0 Å². The zero-order chi connectivity index (χ0) is 13.5. The number of hydrogen-bond acceptors (Lipinski definition) is 3. The lowest BCUT2D eigenvalue weighted by Crippen LogP contribution is -2.66. The summed E-state index contributed by atoms with van der Waals surface area (Å²) >= 11 is 0. The van der Waals surface area contributed by atoms with Crippen LogP contribution in [0.4, 0.5) is 0 Å². The maximum atomic E-state index is 12.4. The Morgan fingerprint density at radius 3 is 2.50 bits per heavy atom. The molecule has 116 valence electrons. The molecule has 1 N–H and O–H groups in total. The molecular formula is C15H27ClN2O2. The molecule has 0 aromatic rings. The molecule has 5 heteroatoms. The molecule has 2 saturated carbocycles. The van der Waals surface area contributed by atoms with Crippen molar-refractivity contribution in [3.63, 3.8) is 0 Å². The number of nitrogens with one attached hydrogen (secondary N) is 1. The third-order valence-electron chi connectivity index (χ3n) is 5.59. The fourth-order valence-corrected chi connectivity index (χ4v) is 4.30. The SMILES string of the molecule is CCOC1CC(N(C)C(=O)C2CNC2)C12CCCC2.Cl. The molecular weight excluding hydrogens is 276 g/mol. The largest absolute Gasteiger partial charge is 0.378 e. The van der Waals surface area contributed by atoms with Gasteiger partial charge in [0.25, 0.3) is 0 Å². The Morgan fingerprint density at radius 2 is 2.00 bits per heavy atom. The third-order valence-corrected chi connectivity index (χ3v) is 5.59. The summed E-state index contributed by atoms with van der Waals surface area (Å²) in [4.78, 5) is 14.5. The van der Waals surface area contributed by atoms with Gasteiger partial charge in [-0.05, 0) is 26.2 Å². The molecule has 0 radical (unpaired) electrons. The molecule has 1 aliphatic heterocycles. The summed E-state index contributed by atoms with van der Waals surface area (Å²) < 4.78 is 5.93. The monoisotopic (exact) mass is 302 g/mol. The number of halogens is 1. The number of amides is 1. The molecule has 20 heavy (non-hydrogen) atoms. The van der Waals surface area contributed by atoms with E-state index in [0.29, 0.717) is 18.1 Å². The van der Waals surface area contributed by atoms with Crippen molar-refractivity contribution >= 4 is 18.3 Å². The summed E-state index contributed by atoms with van der Waals surface area (Å²) in [5, 5.41) is 3.19. The molecule has 2 aliphatic carbocycles. The van der Waals surface area contributed by atoms with E-state index in [9.17, 15) is 4.79 Å². The molecule has 0 aromatic heterocycles. The molecule has 0 aromatic carbocycles. The smallest absolute Gasteiger partial charge is 0.228 e. The fourth-order valence-electron chi connectivity index (χ4n) is 4.30. The van der Waals surface area contributed by atoms with Crippen molar-refractivity contribution in [3.8, 4) is 0 Å². The van der Waals surface area contributed by atoms with Gasteiger partial charge in [0.15, 0.2) is 0 Å². The van der Waals surface area contributed by atoms with E-state index in [0.717, 1.165) is 26.1 Å². The molecule has 3 fully saturated rings. The number of ether oxygens (including phenoxy) is 1. The van der Waals surface area contributed by atoms with Gasteiger partial charge in [0.1, 0.15) is 0 Å². The first-order valence-corrected chi connectivity index (χ1v) is 7.78. The van der Waals surface area contributed by atoms with Crippen LogP contribution < -0.4 is 5.32 Å². The lowest BCUT2D eigenvalue weighted by Gasteiger charge is -2.57. The predicted octanol–water partition coefficient (Wildman–Crippen LogP) is 1.82. The van der Waals surface area contributed by atoms with Crippen LogP contribution >= 0.6 is 12.4 Å². The Kier molecular flexibility index (Phi) is 4.98. The third kappa shape index (κ3) is 2.36. The summed E-state index contributed by atoms with van der Waals surface area (Å²) in [6.45, 7) is 4.59. The zero-order valence-corrected chi connectivity index (χ0v) is 13.4. The summed E-state index contributed by atoms with van der Waals surface area (Å²) in [5.41, 5.74) is 0.275. The Balaban J connectivity index is 0.00000147. The Labute approximate surface area is 128 Å². The lowest BCUT2D eigenvalue weighted by atomic mass is 9.60. The van der Waals surface area contributed by atoms with Crippen LogP contribution in [0.15, 0.2) is 0 Å². The average Bonchev–Trinajstić information content (AvgIpc) is 2.83. The first-order chi connectivity index (χ1) is 9.19. The molecule has 1 spiro atoms. The molecule has 2 atom stereocenters. The normalized spacial score (nSPS) is 31.3. The van der Waals surface area contributed by atoms with Gasteiger partial charge in [-0.3, -0.25) is 4.79 Å². The highest BCUT2D eigenvalue weighted by Gasteiger charge is 2.59. The van der Waals surface area contributed by atoms with Gasteiger partial charge in [0.05, 0.1) is 12.0 Å². The van der Waals surface area contributed by atoms with Crippen molar-refractivity contribution in [2.45, 2.75) is 51.2 Å². The van der Waals surface area contributed by atoms with Gasteiger partial charge in [-0.2, -0.15) is 0 Å². The van der Waals surface area contributed by atoms with E-state index < -0.39 is 0 Å². The van der Waals surface area contributed by atoms with Crippen LogP contribution in [0.25, 0.3) is 0 Å². The molecule has 3 aliphatic rings. The number of carbonyl (C=O) groups excluding carboxylic acids is 1. The van der Waals surface area contributed by atoms with E-state index in [4.69, 9.17) is 4.74 Å². The van der Waals surface area contributed by atoms with Crippen LogP contribution in [-0.4, -0.2) is 49.7 Å². The minimum Gasteiger partial charge on any atom is -0.378 e. The second kappa shape index (κ2) is 6.20. The Hall–Kier alpha value is -0.320. The standard InChI is InChI=1S/C15H26N2O2.ClH/c1-3-19-13-8-12(15(13)6-4-5-7-15)17(2)14(18)11-9-16-10-11;/h11-13,16H,3-10H2,1-2H3;1H. The van der Waals surface area contributed by atoms with Crippen LogP contribution in [0, 0.1) is 11.3 Å². The maximum Gasteiger partial charge on any atom is 0.228 e. The van der Waals surface area contributed by atoms with E-state index in [1.54, 1.807) is 0 Å². The molecule has 2 unspecified atom stereocenters. The summed E-state index contributed by atoms with van der Waals surface area (Å²) in [7, 11) is 2.01. The highest BCUT2D eigenvalue weighted by atomic mass is 35.5. The Morgan fingerprint density at radius 1 is 1.35 bits per heavy atom. The molecule has 1 amide bonds. The number of nitrogens with zero attached hydrogens (tertiary/aromatic N) is 1. The minimum atomic E-state index is 0. The minimum absolute atomic E-state index is 0. The number of hydrogen-bond donors (Lipinski definition) is 1. The number of carbonyl (C=O) groups is 1. The van der Waals surface area contributed by atoms with Gasteiger partial charge in [-0.1, -0.05) is 12.8 Å². The first kappa shape index (κ1) is 16.1. The average molecular weight is 303 g/mol. The lowest BCUT2D eigenvalue weighted by molar-refractivity contribution is -0.175. The van der Waals surface area contributed by atoms with Gasteiger partial charge < -0.3 is 15.0 Å². The fraction of sp³-hybridized carbons (Fsp3) is 0.933. The summed E-state index contributed by atoms with van der Waals surface area (Å²) in [5.74, 6) is 0.555. The predicted molar refractivity (Wildman–Crippen MR) is 81.1 cm³/mol. The topological polar surface area (TPSA) is 41.6 Å². The van der Waals surface area contributed by atoms with Gasteiger partial charge >= 0.3 is 0 Å². The zero-order valence-electron chi connectivity index (χ0n) is 12.6. The van der Waals surface area contributed by atoms with Crippen LogP contribution in [0.5, 0.6) is 0 Å². The molecule has 1 heterocycles. The number of rotatable bonds is 4. The van der Waals surface area contributed by atoms with Crippen molar-refractivity contribution in [2.24, 2.45) is 11.3 Å². The molecule has 3 rings (SSSR count). The van der Waals surface area contributed by atoms with Crippen molar-refractivity contribution in [1.82, 2.24) is 10.2 Å². The molecule has 4 nitrogen and oxygen atoms in total. The summed E-state index contributed by atoms with van der Waals surface area (Å²) in [6.07, 6.45) is 6.50. The van der Waals surface area contributed by atoms with Crippen molar-refractivity contribution in [3.05, 3.63) is 0 Å². The van der Waals surface area contributed by atoms with E-state index in [1.165, 1.54) is 25.7 Å². The van der Waals surface area contributed by atoms with Crippen LogP contribution in [-0.2, 0) is 9.53 Å². The van der Waals surface area contributed by atoms with Gasteiger partial charge in [0, 0.05) is 38.2 Å². The van der Waals surface area contributed by atoms with E-state index in [1.807, 2.05) is 11.9 Å². The highest BCUT2D eigenvalue weighted by molar-refractivity contribution is 5.85. The van der Waals surface area contributed by atoms with E-state index in [2.05, 4.69) is 12.2 Å². The summed E-state index contributed by atoms with van der Waals surface area (Å²) in [6, 6.07) is 0.416. The second-order valence-electron chi connectivity index (χ2n) is 6.44. The Bertz CT molecular complexity index is 354. The highest BCUT2D eigenvalue weighted by Crippen LogP contribution is 2.56. The molecule has 1 saturated heterocycles. The van der Waals surface area contributed by atoms with Crippen LogP contribution in [0.2, 0.25) is 0 Å². The van der Waals surface area contributed by atoms with Crippen LogP contribution in [0.1, 0.15) is 39.0 Å². The first-order valence-electron chi connectivity index (χ1n) is 7.78. The van der Waals surface area contributed by atoms with Gasteiger partial charge in [-0.25, -0.2) is 0 Å². The van der Waals surface area contributed by atoms with Crippen molar-refractivity contribution < 1.29 is 9.53 Å². The van der Waals surface area contributed by atoms with Crippen molar-refractivity contribution in [2.75, 3.05) is 26.7 Å². The van der Waals surface area contributed by atoms with E-state index in [-0.39, 0.29) is 23.7 Å². The van der Waals surface area contributed by atoms with E-state index >= 15 is 0 Å². The maximum absolute atomic E-state index is 12.4.